The fraction of sp³-hybridized carbons (Fsp3) is 0.410. The summed E-state index contributed by atoms with van der Waals surface area (Å²) in [6.07, 6.45) is 14.2. The van der Waals surface area contributed by atoms with Crippen LogP contribution in [0.25, 0.3) is 43.9 Å². The van der Waals surface area contributed by atoms with Crippen LogP contribution in [0.4, 0.5) is 68.2 Å². The molecule has 0 saturated carbocycles. The highest BCUT2D eigenvalue weighted by Gasteiger charge is 2.51. The Kier molecular flexibility index (Phi) is 18.9. The summed E-state index contributed by atoms with van der Waals surface area (Å²) in [6.45, 7) is 63.6. The van der Waals surface area contributed by atoms with Crippen LogP contribution in [0.15, 0.2) is 221 Å². The molecule has 2 aliphatic heterocycles. The minimum absolute atomic E-state index is 0.0443. The van der Waals surface area contributed by atoms with Crippen LogP contribution in [0.1, 0.15) is 321 Å². The van der Waals surface area contributed by atoms with E-state index in [4.69, 9.17) is 8.83 Å². The Bertz CT molecular complexity index is 6950. The zero-order valence-corrected chi connectivity index (χ0v) is 82.4. The normalized spacial score (nSPS) is 20.3. The molecule has 2 aromatic heterocycles. The van der Waals surface area contributed by atoms with Gasteiger partial charge in [0.2, 0.25) is 0 Å². The van der Waals surface area contributed by atoms with E-state index in [1.165, 1.54) is 221 Å². The van der Waals surface area contributed by atoms with Gasteiger partial charge in [0.25, 0.3) is 6.71 Å². The van der Waals surface area contributed by atoms with Gasteiger partial charge in [-0.15, -0.1) is 0 Å². The number of furan rings is 2. The number of nitrogens with zero attached hydrogens (tertiary/aromatic N) is 4. The predicted molar refractivity (Wildman–Crippen MR) is 552 cm³/mol. The standard InChI is InChI=1S/C61H67BN2O.C61H70N2O/c1-36-29-50-55-51(30-36)64(47-18-16-20-53-54(47)38-17-14-15-19-52(38)65-53)49-35-44-42(59(8,9)26-28-61(44,12)13)33-46(49)62(55)45-32-41-43(60(10,11)27-25-58(41,6)7)34-48(45)63(50)37-21-22-39-40(31-37)57(4,5)24-23-56(39,2)3;1-39-33-43(62(40-21-24-46-49(36-40)59(8,9)30-27-56(46,2)3)41-22-25-47-50(37-41)60(10,11)31-28-57(47,4)5)35-44(34-39)63(42-23-26-48-51(38-42)61(12,13)32-29-58(48,6)7)52-18-16-20-54-55(52)45-17-14-15-19-53(45)64-54/h14-22,29-35H,23-28H2,1-13H3;14-26,33-38H,27-32H2,1-13H3. The molecule has 8 aliphatic rings. The molecule has 0 amide bonds. The van der Waals surface area contributed by atoms with Gasteiger partial charge in [0, 0.05) is 67.6 Å². The molecule has 14 aromatic rings. The Morgan fingerprint density at radius 2 is 0.558 bits per heavy atom. The maximum absolute atomic E-state index is 6.66. The Morgan fingerprint density at radius 3 is 0.992 bits per heavy atom. The molecule has 0 bridgehead atoms. The summed E-state index contributed by atoms with van der Waals surface area (Å²) in [5.74, 6) is 0. The minimum Gasteiger partial charge on any atom is -0.456 e. The monoisotopic (exact) mass is 1700 g/mol. The summed E-state index contributed by atoms with van der Waals surface area (Å²) < 4.78 is 13.3. The molecule has 22 rings (SSSR count). The molecule has 0 atom stereocenters. The van der Waals surface area contributed by atoms with Gasteiger partial charge in [-0.3, -0.25) is 0 Å². The second-order valence-electron chi connectivity index (χ2n) is 49.0. The third-order valence-corrected chi connectivity index (χ3v) is 34.3. The molecule has 660 valence electrons. The topological polar surface area (TPSA) is 39.2 Å². The number of hydrogen-bond donors (Lipinski definition) is 0. The Morgan fingerprint density at radius 1 is 0.240 bits per heavy atom. The summed E-state index contributed by atoms with van der Waals surface area (Å²) in [7, 11) is 0. The summed E-state index contributed by atoms with van der Waals surface area (Å²) in [5.41, 5.74) is 43.9. The second-order valence-corrected chi connectivity index (χ2v) is 49.0. The molecule has 12 aromatic carbocycles. The van der Waals surface area contributed by atoms with Gasteiger partial charge in [0.15, 0.2) is 0 Å². The number of hydrogen-bond acceptors (Lipinski definition) is 6. The second kappa shape index (κ2) is 28.5. The van der Waals surface area contributed by atoms with Gasteiger partial charge in [0.1, 0.15) is 22.3 Å². The van der Waals surface area contributed by atoms with Crippen molar-refractivity contribution in [3.05, 3.63) is 290 Å². The first kappa shape index (κ1) is 85.3. The Balaban J connectivity index is 0.000000156. The van der Waals surface area contributed by atoms with Crippen molar-refractivity contribution in [2.75, 3.05) is 19.6 Å². The molecule has 6 nitrogen and oxygen atoms in total. The van der Waals surface area contributed by atoms with Gasteiger partial charge < -0.3 is 28.4 Å². The van der Waals surface area contributed by atoms with Crippen LogP contribution >= 0.6 is 0 Å². The lowest BCUT2D eigenvalue weighted by Gasteiger charge is -2.49. The van der Waals surface area contributed by atoms with Gasteiger partial charge >= 0.3 is 0 Å². The fourth-order valence-corrected chi connectivity index (χ4v) is 25.4. The largest absolute Gasteiger partial charge is 0.456 e. The van der Waals surface area contributed by atoms with Crippen LogP contribution in [0, 0.1) is 13.8 Å². The van der Waals surface area contributed by atoms with Crippen LogP contribution in [-0.2, 0) is 65.0 Å². The molecule has 7 heteroatoms. The van der Waals surface area contributed by atoms with Gasteiger partial charge in [-0.1, -0.05) is 251 Å². The quantitative estimate of drug-likeness (QED) is 0.141. The third kappa shape index (κ3) is 13.4. The van der Waals surface area contributed by atoms with E-state index in [9.17, 15) is 0 Å². The summed E-state index contributed by atoms with van der Waals surface area (Å²) in [5, 5.41) is 4.59. The molecule has 0 spiro atoms. The SMILES string of the molecule is Cc1cc(N(c2ccc3c(c2)C(C)(C)CCC3(C)C)c2ccc3c(c2)C(C)(C)CCC3(C)C)cc(N(c2ccc3c(c2)C(C)(C)CCC3(C)C)c2cccc3oc4ccccc4c23)c1.Cc1cc2c3c(c1)N(c1cccc4oc5ccccc5c14)c1cc4c(cc1B3c1cc3c(cc1N2c1ccc2c(c1)C(C)(C)CCC2(C)C)C(C)(C)CCC3(C)C)C(C)(C)CCC4(C)C. The number of benzene rings is 12. The van der Waals surface area contributed by atoms with E-state index >= 15 is 0 Å². The van der Waals surface area contributed by atoms with Crippen LogP contribution in [0.3, 0.4) is 0 Å². The maximum Gasteiger partial charge on any atom is 0.252 e. The maximum atomic E-state index is 6.66. The number of rotatable bonds is 8. The van der Waals surface area contributed by atoms with Crippen molar-refractivity contribution in [3.8, 4) is 0 Å². The zero-order valence-electron chi connectivity index (χ0n) is 82.4. The molecule has 4 heterocycles. The summed E-state index contributed by atoms with van der Waals surface area (Å²) in [6, 6.07) is 83.0. The molecular formula is C122H137BN4O2. The zero-order chi connectivity index (χ0) is 90.9. The third-order valence-electron chi connectivity index (χ3n) is 34.3. The van der Waals surface area contributed by atoms with E-state index in [0.717, 1.165) is 62.0 Å². The van der Waals surface area contributed by atoms with Crippen LogP contribution in [0.2, 0.25) is 0 Å². The van der Waals surface area contributed by atoms with Crippen LogP contribution < -0.4 is 36.0 Å². The van der Waals surface area contributed by atoms with Gasteiger partial charge in [-0.2, -0.15) is 0 Å². The molecule has 129 heavy (non-hydrogen) atoms. The van der Waals surface area contributed by atoms with Crippen molar-refractivity contribution in [3.63, 3.8) is 0 Å². The Hall–Kier alpha value is -10.5. The molecule has 0 radical (unpaired) electrons. The lowest BCUT2D eigenvalue weighted by atomic mass is 9.32. The average Bonchev–Trinajstić information content (AvgIpc) is 1.14. The van der Waals surface area contributed by atoms with Crippen LogP contribution in [-0.4, -0.2) is 6.71 Å². The van der Waals surface area contributed by atoms with E-state index in [0.29, 0.717) is 0 Å². The first-order valence-corrected chi connectivity index (χ1v) is 48.9. The lowest BCUT2D eigenvalue weighted by molar-refractivity contribution is 0.332. The fourth-order valence-electron chi connectivity index (χ4n) is 25.4. The lowest BCUT2D eigenvalue weighted by Crippen LogP contribution is -2.62. The van der Waals surface area contributed by atoms with E-state index < -0.39 is 0 Å². The highest BCUT2D eigenvalue weighted by molar-refractivity contribution is 7.00. The molecule has 0 saturated heterocycles. The minimum atomic E-state index is 0.0443. The predicted octanol–water partition coefficient (Wildman–Crippen LogP) is 32.9. The first-order valence-electron chi connectivity index (χ1n) is 48.9. The number of anilines is 12. The summed E-state index contributed by atoms with van der Waals surface area (Å²) in [4.78, 5) is 10.5. The molecule has 0 unspecified atom stereocenters. The molecule has 6 aliphatic carbocycles. The molecular weight excluding hydrogens is 1560 g/mol. The van der Waals surface area contributed by atoms with E-state index in [2.05, 4.69) is 412 Å². The van der Waals surface area contributed by atoms with E-state index in [1.807, 2.05) is 0 Å². The van der Waals surface area contributed by atoms with Crippen molar-refractivity contribution in [2.24, 2.45) is 0 Å². The van der Waals surface area contributed by atoms with Gasteiger partial charge in [0.05, 0.1) is 22.1 Å². The van der Waals surface area contributed by atoms with Gasteiger partial charge in [-0.25, -0.2) is 0 Å². The van der Waals surface area contributed by atoms with Crippen molar-refractivity contribution < 1.29 is 8.83 Å². The van der Waals surface area contributed by atoms with Crippen molar-refractivity contribution in [1.82, 2.24) is 0 Å². The number of aryl methyl sites for hydroxylation is 2. The molecule has 0 N–H and O–H groups in total. The van der Waals surface area contributed by atoms with E-state index in [1.54, 1.807) is 0 Å². The van der Waals surface area contributed by atoms with Crippen molar-refractivity contribution in [2.45, 2.75) is 322 Å². The van der Waals surface area contributed by atoms with E-state index in [-0.39, 0.29) is 71.7 Å². The highest BCUT2D eigenvalue weighted by Crippen LogP contribution is 2.60. The Labute approximate surface area is 770 Å². The summed E-state index contributed by atoms with van der Waals surface area (Å²) >= 11 is 0. The van der Waals surface area contributed by atoms with Crippen molar-refractivity contribution in [1.29, 1.82) is 0 Å². The molecule has 0 fully saturated rings. The number of para-hydroxylation sites is 2. The highest BCUT2D eigenvalue weighted by atomic mass is 16.3. The van der Waals surface area contributed by atoms with Crippen LogP contribution in [0.5, 0.6) is 0 Å². The smallest absolute Gasteiger partial charge is 0.252 e. The number of fused-ring (bicyclic) bond motifs is 16. The van der Waals surface area contributed by atoms with Crippen molar-refractivity contribution >= 4 is 135 Å². The van der Waals surface area contributed by atoms with Gasteiger partial charge in [-0.05, 0) is 378 Å². The first-order chi connectivity index (χ1) is 60.6. The average molecular weight is 1700 g/mol.